The number of hydrogen-bond donors (Lipinski definition) is 1. The van der Waals surface area contributed by atoms with Crippen LogP contribution >= 0.6 is 0 Å². The summed E-state index contributed by atoms with van der Waals surface area (Å²) in [5.41, 5.74) is 1.89. The Bertz CT molecular complexity index is 868. The van der Waals surface area contributed by atoms with Crippen LogP contribution in [-0.4, -0.2) is 35.6 Å². The Morgan fingerprint density at radius 1 is 1.26 bits per heavy atom. The summed E-state index contributed by atoms with van der Waals surface area (Å²) < 4.78 is 10.7. The van der Waals surface area contributed by atoms with Crippen molar-refractivity contribution >= 4 is 17.3 Å². The zero-order chi connectivity index (χ0) is 19.4. The zero-order valence-corrected chi connectivity index (χ0v) is 15.2. The molecule has 0 aromatic heterocycles. The van der Waals surface area contributed by atoms with Gasteiger partial charge in [-0.25, -0.2) is 0 Å². The number of nitro benzene ring substituents is 1. The second-order valence-electron chi connectivity index (χ2n) is 6.25. The summed E-state index contributed by atoms with van der Waals surface area (Å²) in [6.45, 7) is 5.25. The molecular formula is C19H21N3O5. The second-order valence-corrected chi connectivity index (χ2v) is 6.25. The van der Waals surface area contributed by atoms with Gasteiger partial charge in [0.15, 0.2) is 11.5 Å². The first-order chi connectivity index (χ1) is 13.0. The fraction of sp³-hybridized carbons (Fsp3) is 0.316. The molecule has 1 amide bonds. The molecule has 0 saturated carbocycles. The Morgan fingerprint density at radius 3 is 2.78 bits per heavy atom. The molecule has 8 heteroatoms. The van der Waals surface area contributed by atoms with Gasteiger partial charge in [0.25, 0.3) is 5.69 Å². The molecule has 3 rings (SSSR count). The zero-order valence-electron chi connectivity index (χ0n) is 15.2. The average Bonchev–Trinajstić information content (AvgIpc) is 3.10. The summed E-state index contributed by atoms with van der Waals surface area (Å²) in [6.07, 6.45) is 0. The normalized spacial score (nSPS) is 12.3. The molecule has 0 spiro atoms. The summed E-state index contributed by atoms with van der Waals surface area (Å²) in [7, 11) is 0. The van der Waals surface area contributed by atoms with Gasteiger partial charge in [-0.1, -0.05) is 19.1 Å². The van der Waals surface area contributed by atoms with E-state index < -0.39 is 4.92 Å². The molecule has 0 bridgehead atoms. The Labute approximate surface area is 156 Å². The maximum atomic E-state index is 12.4. The smallest absolute Gasteiger partial charge is 0.274 e. The molecular weight excluding hydrogens is 350 g/mol. The van der Waals surface area contributed by atoms with Crippen molar-refractivity contribution in [1.29, 1.82) is 0 Å². The molecule has 0 unspecified atom stereocenters. The van der Waals surface area contributed by atoms with E-state index in [0.29, 0.717) is 30.1 Å². The number of amides is 1. The predicted octanol–water partition coefficient (Wildman–Crippen LogP) is 3.09. The van der Waals surface area contributed by atoms with Gasteiger partial charge >= 0.3 is 0 Å². The van der Waals surface area contributed by atoms with Crippen LogP contribution in [0.2, 0.25) is 0 Å². The van der Waals surface area contributed by atoms with Crippen molar-refractivity contribution in [1.82, 2.24) is 4.90 Å². The summed E-state index contributed by atoms with van der Waals surface area (Å²) in [4.78, 5) is 25.0. The minimum atomic E-state index is -0.455. The van der Waals surface area contributed by atoms with Crippen molar-refractivity contribution in [3.05, 3.63) is 57.6 Å². The number of carbonyl (C=O) groups is 1. The quantitative estimate of drug-likeness (QED) is 0.594. The molecule has 1 aliphatic heterocycles. The standard InChI is InChI=1S/C19H21N3O5/c1-3-21(10-14-7-8-17-18(9-14)27-12-26-17)11-19(23)20-15-5-4-6-16(13(15)2)22(24)25/h4-9H,3,10-12H2,1-2H3,(H,20,23). The lowest BCUT2D eigenvalue weighted by Crippen LogP contribution is -2.32. The lowest BCUT2D eigenvalue weighted by atomic mass is 10.1. The van der Waals surface area contributed by atoms with Gasteiger partial charge in [-0.3, -0.25) is 19.8 Å². The van der Waals surface area contributed by atoms with Gasteiger partial charge in [0.2, 0.25) is 12.7 Å². The number of carbonyl (C=O) groups excluding carboxylic acids is 1. The van der Waals surface area contributed by atoms with Gasteiger partial charge in [0.05, 0.1) is 22.7 Å². The first-order valence-corrected chi connectivity index (χ1v) is 8.62. The van der Waals surface area contributed by atoms with Crippen molar-refractivity contribution in [3.8, 4) is 11.5 Å². The minimum Gasteiger partial charge on any atom is -0.454 e. The highest BCUT2D eigenvalue weighted by Crippen LogP contribution is 2.32. The van der Waals surface area contributed by atoms with Gasteiger partial charge in [-0.2, -0.15) is 0 Å². The van der Waals surface area contributed by atoms with Gasteiger partial charge in [0.1, 0.15) is 0 Å². The van der Waals surface area contributed by atoms with E-state index in [1.165, 1.54) is 6.07 Å². The minimum absolute atomic E-state index is 0.0134. The molecule has 0 radical (unpaired) electrons. The molecule has 0 fully saturated rings. The molecule has 8 nitrogen and oxygen atoms in total. The molecule has 1 heterocycles. The van der Waals surface area contributed by atoms with Crippen molar-refractivity contribution < 1.29 is 19.2 Å². The van der Waals surface area contributed by atoms with Crippen LogP contribution in [0.25, 0.3) is 0 Å². The Balaban J connectivity index is 1.64. The number of fused-ring (bicyclic) bond motifs is 1. The number of nitro groups is 1. The SMILES string of the molecule is CCN(CC(=O)Nc1cccc([N+](=O)[O-])c1C)Cc1ccc2c(c1)OCO2. The third-order valence-electron chi connectivity index (χ3n) is 4.43. The highest BCUT2D eigenvalue weighted by Gasteiger charge is 2.17. The van der Waals surface area contributed by atoms with E-state index in [1.54, 1.807) is 19.1 Å². The Morgan fingerprint density at radius 2 is 2.04 bits per heavy atom. The van der Waals surface area contributed by atoms with Gasteiger partial charge in [0, 0.05) is 12.6 Å². The van der Waals surface area contributed by atoms with E-state index in [-0.39, 0.29) is 24.9 Å². The summed E-state index contributed by atoms with van der Waals surface area (Å²) >= 11 is 0. The fourth-order valence-electron chi connectivity index (χ4n) is 2.93. The largest absolute Gasteiger partial charge is 0.454 e. The number of nitrogens with zero attached hydrogens (tertiary/aromatic N) is 2. The summed E-state index contributed by atoms with van der Waals surface area (Å²) in [5, 5.41) is 13.8. The highest BCUT2D eigenvalue weighted by atomic mass is 16.7. The lowest BCUT2D eigenvalue weighted by molar-refractivity contribution is -0.385. The Kier molecular flexibility index (Phi) is 5.56. The molecule has 1 N–H and O–H groups in total. The third kappa shape index (κ3) is 4.35. The number of anilines is 1. The molecule has 0 aliphatic carbocycles. The third-order valence-corrected chi connectivity index (χ3v) is 4.43. The van der Waals surface area contributed by atoms with E-state index in [2.05, 4.69) is 5.32 Å². The number of benzene rings is 2. The fourth-order valence-corrected chi connectivity index (χ4v) is 2.93. The van der Waals surface area contributed by atoms with Crippen LogP contribution in [0.3, 0.4) is 0 Å². The molecule has 2 aromatic rings. The molecule has 2 aromatic carbocycles. The highest BCUT2D eigenvalue weighted by molar-refractivity contribution is 5.93. The van der Waals surface area contributed by atoms with Crippen LogP contribution in [0, 0.1) is 17.0 Å². The van der Waals surface area contributed by atoms with Crippen LogP contribution < -0.4 is 14.8 Å². The van der Waals surface area contributed by atoms with Gasteiger partial charge in [-0.15, -0.1) is 0 Å². The summed E-state index contributed by atoms with van der Waals surface area (Å²) in [5.74, 6) is 1.21. The first-order valence-electron chi connectivity index (χ1n) is 8.62. The topological polar surface area (TPSA) is 93.9 Å². The Hall–Kier alpha value is -3.13. The number of likely N-dealkylation sites (N-methyl/N-ethyl adjacent to an activating group) is 1. The molecule has 1 aliphatic rings. The van der Waals surface area contributed by atoms with Crippen molar-refractivity contribution in [2.45, 2.75) is 20.4 Å². The van der Waals surface area contributed by atoms with E-state index >= 15 is 0 Å². The van der Waals surface area contributed by atoms with Crippen molar-refractivity contribution in [2.75, 3.05) is 25.2 Å². The van der Waals surface area contributed by atoms with Crippen LogP contribution in [0.4, 0.5) is 11.4 Å². The van der Waals surface area contributed by atoms with E-state index in [0.717, 1.165) is 11.3 Å². The van der Waals surface area contributed by atoms with Gasteiger partial charge in [-0.05, 0) is 37.2 Å². The van der Waals surface area contributed by atoms with Crippen molar-refractivity contribution in [2.24, 2.45) is 0 Å². The van der Waals surface area contributed by atoms with E-state index in [9.17, 15) is 14.9 Å². The van der Waals surface area contributed by atoms with E-state index in [4.69, 9.17) is 9.47 Å². The number of ether oxygens (including phenoxy) is 2. The average molecular weight is 371 g/mol. The maximum Gasteiger partial charge on any atom is 0.274 e. The van der Waals surface area contributed by atoms with Crippen molar-refractivity contribution in [3.63, 3.8) is 0 Å². The number of nitrogens with one attached hydrogen (secondary N) is 1. The molecule has 0 saturated heterocycles. The molecule has 0 atom stereocenters. The van der Waals surface area contributed by atoms with E-state index in [1.807, 2.05) is 30.0 Å². The van der Waals surface area contributed by atoms with Crippen LogP contribution in [0.5, 0.6) is 11.5 Å². The van der Waals surface area contributed by atoms with Crippen LogP contribution in [-0.2, 0) is 11.3 Å². The monoisotopic (exact) mass is 371 g/mol. The number of rotatable bonds is 7. The van der Waals surface area contributed by atoms with Crippen LogP contribution in [0.1, 0.15) is 18.1 Å². The second kappa shape index (κ2) is 8.05. The maximum absolute atomic E-state index is 12.4. The molecule has 142 valence electrons. The lowest BCUT2D eigenvalue weighted by Gasteiger charge is -2.20. The summed E-state index contributed by atoms with van der Waals surface area (Å²) in [6, 6.07) is 10.4. The number of hydrogen-bond acceptors (Lipinski definition) is 6. The molecule has 27 heavy (non-hydrogen) atoms. The predicted molar refractivity (Wildman–Crippen MR) is 100.0 cm³/mol. The van der Waals surface area contributed by atoms with Crippen LogP contribution in [0.15, 0.2) is 36.4 Å². The first kappa shape index (κ1) is 18.7. The van der Waals surface area contributed by atoms with Gasteiger partial charge < -0.3 is 14.8 Å².